The number of hydrogen-bond acceptors (Lipinski definition) is 1. The van der Waals surface area contributed by atoms with Crippen molar-refractivity contribution in [2.24, 2.45) is 0 Å². The normalized spacial score (nSPS) is 11.1. The van der Waals surface area contributed by atoms with E-state index in [4.69, 9.17) is 33.9 Å². The van der Waals surface area contributed by atoms with Crippen LogP contribution >= 0.6 is 28.8 Å². The van der Waals surface area contributed by atoms with Crippen molar-refractivity contribution >= 4 is 28.8 Å². The zero-order valence-corrected chi connectivity index (χ0v) is 8.83. The van der Waals surface area contributed by atoms with Crippen LogP contribution in [0.25, 0.3) is 4.84 Å². The molecule has 0 aromatic heterocycles. The van der Waals surface area contributed by atoms with Gasteiger partial charge in [-0.15, -0.1) is 0 Å². The Labute approximate surface area is 72.3 Å². The summed E-state index contributed by atoms with van der Waals surface area (Å²) in [4.78, 5) is 2.92. The van der Waals surface area contributed by atoms with Crippen LogP contribution in [0.15, 0.2) is 0 Å². The van der Waals surface area contributed by atoms with E-state index in [2.05, 4.69) is 4.84 Å². The molecule has 0 heterocycles. The Balaban J connectivity index is 0. The summed E-state index contributed by atoms with van der Waals surface area (Å²) in [6, 6.07) is 0. The molecule has 0 aromatic carbocycles. The molecule has 0 amide bonds. The molecule has 6 heteroatoms. The van der Waals surface area contributed by atoms with Crippen LogP contribution < -0.4 is 0 Å². The molecule has 0 rings (SSSR count). The van der Waals surface area contributed by atoms with Gasteiger partial charge in [0, 0.05) is 0 Å². The quantitative estimate of drug-likeness (QED) is 0.767. The Kier molecular flexibility index (Phi) is 17.7. The molecule has 50 valence electrons. The molecule has 0 saturated carbocycles. The second-order valence-corrected chi connectivity index (χ2v) is 4.73. The zero-order valence-electron chi connectivity index (χ0n) is 4.11. The average Bonchev–Trinajstić information content (AvgIpc) is 1.69. The fourth-order valence-corrected chi connectivity index (χ4v) is 0. The van der Waals surface area contributed by atoms with E-state index in [1.54, 1.807) is 0 Å². The summed E-state index contributed by atoms with van der Waals surface area (Å²) in [7, 11) is 9.87. The van der Waals surface area contributed by atoms with Crippen LogP contribution in [-0.4, -0.2) is 11.3 Å². The van der Waals surface area contributed by atoms with Gasteiger partial charge in [0.2, 0.25) is 0 Å². The van der Waals surface area contributed by atoms with Crippen LogP contribution in [-0.2, 0) is 20.8 Å². The van der Waals surface area contributed by atoms with E-state index in [0.29, 0.717) is 0 Å². The number of aliphatic hydroxyl groups is 1. The van der Waals surface area contributed by atoms with Crippen LogP contribution in [0, 0.1) is 0 Å². The molecule has 0 aliphatic carbocycles. The van der Waals surface area contributed by atoms with Gasteiger partial charge in [-0.05, 0) is 6.23 Å². The van der Waals surface area contributed by atoms with Crippen molar-refractivity contribution in [1.29, 1.82) is 0 Å². The fourth-order valence-electron chi connectivity index (χ4n) is 0. The van der Waals surface area contributed by atoms with Gasteiger partial charge in [-0.25, -0.2) is 0 Å². The first-order valence-electron chi connectivity index (χ1n) is 1.64. The second kappa shape index (κ2) is 11.5. The zero-order chi connectivity index (χ0) is 6.99. The van der Waals surface area contributed by atoms with E-state index >= 15 is 0 Å². The van der Waals surface area contributed by atoms with E-state index < -0.39 is 27.1 Å². The predicted molar refractivity (Wildman–Crippen MR) is 32.6 cm³/mol. The summed E-state index contributed by atoms with van der Waals surface area (Å²) in [5.74, 6) is 0. The standard InChI is InChI=1S/C2H5ClNO.2ClH.Zr/c1-2(5)4-3;;;/h2,5H,1H3;2*1H;/q-1;;;+2/p-2. The van der Waals surface area contributed by atoms with Gasteiger partial charge in [0.1, 0.15) is 0 Å². The Morgan fingerprint density at radius 1 is 1.62 bits per heavy atom. The van der Waals surface area contributed by atoms with Gasteiger partial charge in [0.15, 0.2) is 0 Å². The molecule has 0 aromatic rings. The summed E-state index contributed by atoms with van der Waals surface area (Å²) in [5, 5.41) is 8.06. The van der Waals surface area contributed by atoms with Crippen LogP contribution in [0.5, 0.6) is 0 Å². The fraction of sp³-hybridized carbons (Fsp3) is 1.00. The van der Waals surface area contributed by atoms with Crippen molar-refractivity contribution in [3.63, 3.8) is 0 Å². The Bertz CT molecular complexity index is 38.5. The maximum absolute atomic E-state index is 8.06. The van der Waals surface area contributed by atoms with E-state index in [1.165, 1.54) is 6.92 Å². The van der Waals surface area contributed by atoms with Gasteiger partial charge in [-0.1, -0.05) is 6.92 Å². The van der Waals surface area contributed by atoms with Gasteiger partial charge in [-0.3, -0.25) is 11.8 Å². The number of rotatable bonds is 1. The molecule has 1 atom stereocenters. The van der Waals surface area contributed by atoms with E-state index in [0.717, 1.165) is 0 Å². The summed E-state index contributed by atoms with van der Waals surface area (Å²) >= 11 is 3.89. The maximum atomic E-state index is 8.06. The molecule has 1 unspecified atom stereocenters. The number of aliphatic hydroxyl groups excluding tert-OH is 1. The van der Waals surface area contributed by atoms with Gasteiger partial charge >= 0.3 is 37.9 Å². The molecular formula is C2H5Cl3NOZr-. The van der Waals surface area contributed by atoms with Crippen molar-refractivity contribution in [3.8, 4) is 0 Å². The molecular weight excluding hydrogens is 252 g/mol. The van der Waals surface area contributed by atoms with Crippen molar-refractivity contribution in [3.05, 3.63) is 4.84 Å². The number of halogens is 3. The van der Waals surface area contributed by atoms with Crippen LogP contribution in [0.3, 0.4) is 0 Å². The average molecular weight is 257 g/mol. The topological polar surface area (TPSA) is 34.3 Å². The van der Waals surface area contributed by atoms with Gasteiger partial charge in [0.25, 0.3) is 0 Å². The third-order valence-electron chi connectivity index (χ3n) is 0.141. The van der Waals surface area contributed by atoms with E-state index in [1.807, 2.05) is 0 Å². The third-order valence-corrected chi connectivity index (χ3v) is 0.424. The van der Waals surface area contributed by atoms with Crippen LogP contribution in [0.4, 0.5) is 0 Å². The Hall–Kier alpha value is 1.67. The molecule has 0 spiro atoms. The van der Waals surface area contributed by atoms with Gasteiger partial charge < -0.3 is 9.94 Å². The monoisotopic (exact) mass is 254 g/mol. The molecule has 0 aliphatic heterocycles. The molecule has 0 bridgehead atoms. The number of hydrogen-bond donors (Lipinski definition) is 1. The minimum absolute atomic E-state index is 0.725. The molecule has 0 aliphatic rings. The summed E-state index contributed by atoms with van der Waals surface area (Å²) in [6.45, 7) is 1.48. The summed E-state index contributed by atoms with van der Waals surface area (Å²) < 4.78 is 0. The molecule has 8 heavy (non-hydrogen) atoms. The van der Waals surface area contributed by atoms with Crippen molar-refractivity contribution in [1.82, 2.24) is 0 Å². The molecule has 0 saturated heterocycles. The van der Waals surface area contributed by atoms with Gasteiger partial charge in [0.05, 0.1) is 0 Å². The van der Waals surface area contributed by atoms with Gasteiger partial charge in [-0.2, -0.15) is 0 Å². The first-order chi connectivity index (χ1) is 3.68. The number of nitrogens with zero attached hydrogens (tertiary/aromatic N) is 1. The molecule has 0 fully saturated rings. The SMILES string of the molecule is CC(O)[N-]Cl.[Cl][Zr][Cl]. The van der Waals surface area contributed by atoms with E-state index in [-0.39, 0.29) is 0 Å². The predicted octanol–water partition coefficient (Wildman–Crippen LogP) is 2.23. The minimum atomic E-state index is -0.826. The molecule has 1 N–H and O–H groups in total. The first-order valence-corrected chi connectivity index (χ1v) is 8.31. The third kappa shape index (κ3) is 25.3. The van der Waals surface area contributed by atoms with Crippen molar-refractivity contribution < 1.29 is 26.0 Å². The Morgan fingerprint density at radius 2 is 1.75 bits per heavy atom. The second-order valence-electron chi connectivity index (χ2n) is 0.801. The van der Waals surface area contributed by atoms with Crippen LogP contribution in [0.2, 0.25) is 0 Å². The first kappa shape index (κ1) is 12.4. The molecule has 0 radical (unpaired) electrons. The Morgan fingerprint density at radius 3 is 1.75 bits per heavy atom. The van der Waals surface area contributed by atoms with E-state index in [9.17, 15) is 0 Å². The summed E-state index contributed by atoms with van der Waals surface area (Å²) in [6.07, 6.45) is -0.725. The molecule has 2 nitrogen and oxygen atoms in total. The van der Waals surface area contributed by atoms with Crippen LogP contribution in [0.1, 0.15) is 6.92 Å². The van der Waals surface area contributed by atoms with Crippen molar-refractivity contribution in [2.75, 3.05) is 0 Å². The summed E-state index contributed by atoms with van der Waals surface area (Å²) in [5.41, 5.74) is 0. The van der Waals surface area contributed by atoms with Crippen molar-refractivity contribution in [2.45, 2.75) is 13.2 Å².